The third-order valence-corrected chi connectivity index (χ3v) is 7.05. The van der Waals surface area contributed by atoms with Gasteiger partial charge in [-0.3, -0.25) is 24.1 Å². The molecule has 0 unspecified atom stereocenters. The molecule has 2 aliphatic rings. The number of hydrogen-bond acceptors (Lipinski definition) is 6. The summed E-state index contributed by atoms with van der Waals surface area (Å²) in [5.74, 6) is -1.90. The Morgan fingerprint density at radius 2 is 1.58 bits per heavy atom. The minimum atomic E-state index is -0.618. The van der Waals surface area contributed by atoms with E-state index in [1.54, 1.807) is 6.07 Å². The Hall–Kier alpha value is -3.13. The van der Waals surface area contributed by atoms with E-state index in [4.69, 9.17) is 4.74 Å². The number of carbonyl (C=O) groups is 4. The summed E-state index contributed by atoms with van der Waals surface area (Å²) in [5, 5.41) is 2.78. The molecular weight excluding hydrogens is 440 g/mol. The molecule has 4 rings (SSSR count). The van der Waals surface area contributed by atoms with Crippen LogP contribution in [0.3, 0.4) is 0 Å². The first-order valence-electron chi connectivity index (χ1n) is 11.2. The number of nitrogens with one attached hydrogen (secondary N) is 1. The Morgan fingerprint density at radius 1 is 0.939 bits per heavy atom. The maximum atomic E-state index is 12.5. The van der Waals surface area contributed by atoms with E-state index in [1.165, 1.54) is 16.7 Å². The Morgan fingerprint density at radius 3 is 2.27 bits per heavy atom. The van der Waals surface area contributed by atoms with Crippen molar-refractivity contribution in [2.24, 2.45) is 11.8 Å². The van der Waals surface area contributed by atoms with Crippen molar-refractivity contribution < 1.29 is 23.9 Å². The van der Waals surface area contributed by atoms with Crippen LogP contribution in [0.2, 0.25) is 0 Å². The predicted molar refractivity (Wildman–Crippen MR) is 123 cm³/mol. The van der Waals surface area contributed by atoms with Crippen LogP contribution in [-0.4, -0.2) is 41.7 Å². The molecule has 2 atom stereocenters. The average Bonchev–Trinajstić information content (AvgIpc) is 3.08. The molecule has 1 aliphatic heterocycles. The van der Waals surface area contributed by atoms with Crippen molar-refractivity contribution in [3.63, 3.8) is 0 Å². The minimum Gasteiger partial charge on any atom is -0.456 e. The van der Waals surface area contributed by atoms with Gasteiger partial charge in [0.15, 0.2) is 6.61 Å². The fraction of sp³-hybridized carbons (Fsp3) is 0.360. The number of anilines is 1. The summed E-state index contributed by atoms with van der Waals surface area (Å²) in [6, 6.07) is 17.2. The van der Waals surface area contributed by atoms with Gasteiger partial charge in [-0.05, 0) is 37.1 Å². The second-order valence-corrected chi connectivity index (χ2v) is 9.31. The number of fused-ring (bicyclic) bond motifs is 1. The van der Waals surface area contributed by atoms with Crippen LogP contribution in [0.5, 0.6) is 0 Å². The predicted octanol–water partition coefficient (Wildman–Crippen LogP) is 3.88. The highest BCUT2D eigenvalue weighted by atomic mass is 32.2. The number of imide groups is 1. The van der Waals surface area contributed by atoms with Crippen LogP contribution < -0.4 is 5.32 Å². The molecule has 0 radical (unpaired) electrons. The lowest BCUT2D eigenvalue weighted by atomic mass is 9.81. The lowest BCUT2D eigenvalue weighted by molar-refractivity contribution is -0.148. The number of esters is 1. The molecule has 3 amide bonds. The van der Waals surface area contributed by atoms with Crippen molar-refractivity contribution in [1.29, 1.82) is 0 Å². The van der Waals surface area contributed by atoms with Crippen LogP contribution in [0, 0.1) is 11.8 Å². The van der Waals surface area contributed by atoms with Gasteiger partial charge in [-0.1, -0.05) is 54.9 Å². The number of hydrogen-bond donors (Lipinski definition) is 1. The Balaban J connectivity index is 1.25. The van der Waals surface area contributed by atoms with Gasteiger partial charge in [-0.25, -0.2) is 0 Å². The van der Waals surface area contributed by atoms with Gasteiger partial charge in [-0.2, -0.15) is 0 Å². The molecule has 1 heterocycles. The van der Waals surface area contributed by atoms with E-state index < -0.39 is 18.5 Å². The quantitative estimate of drug-likeness (QED) is 0.469. The molecule has 172 valence electrons. The zero-order valence-electron chi connectivity index (χ0n) is 18.2. The van der Waals surface area contributed by atoms with Gasteiger partial charge >= 0.3 is 5.97 Å². The zero-order valence-corrected chi connectivity index (χ0v) is 19.0. The zero-order chi connectivity index (χ0) is 23.2. The largest absolute Gasteiger partial charge is 0.456 e. The lowest BCUT2D eigenvalue weighted by Gasteiger charge is -2.19. The normalized spacial score (nSPS) is 19.8. The van der Waals surface area contributed by atoms with E-state index in [1.807, 2.05) is 48.5 Å². The van der Waals surface area contributed by atoms with Crippen LogP contribution in [0.15, 0.2) is 64.4 Å². The third-order valence-electron chi connectivity index (χ3n) is 5.97. The number of para-hydroxylation sites is 1. The van der Waals surface area contributed by atoms with E-state index in [0.717, 1.165) is 35.5 Å². The highest BCUT2D eigenvalue weighted by Crippen LogP contribution is 2.38. The molecule has 1 N–H and O–H groups in total. The second-order valence-electron chi connectivity index (χ2n) is 8.20. The molecule has 0 aromatic heterocycles. The van der Waals surface area contributed by atoms with E-state index >= 15 is 0 Å². The van der Waals surface area contributed by atoms with Crippen LogP contribution >= 0.6 is 11.8 Å². The van der Waals surface area contributed by atoms with Gasteiger partial charge in [0.25, 0.3) is 5.91 Å². The number of benzene rings is 2. The van der Waals surface area contributed by atoms with Gasteiger partial charge in [-0.15, -0.1) is 0 Å². The summed E-state index contributed by atoms with van der Waals surface area (Å²) >= 11 is 1.52. The van der Waals surface area contributed by atoms with Crippen LogP contribution in [0.4, 0.5) is 5.69 Å². The summed E-state index contributed by atoms with van der Waals surface area (Å²) in [5.41, 5.74) is 0.628. The van der Waals surface area contributed by atoms with E-state index in [2.05, 4.69) is 5.32 Å². The Labute approximate surface area is 196 Å². The topological polar surface area (TPSA) is 92.8 Å². The molecule has 0 bridgehead atoms. The second kappa shape index (κ2) is 10.7. The molecule has 2 fully saturated rings. The van der Waals surface area contributed by atoms with Gasteiger partial charge in [0.05, 0.1) is 23.9 Å². The molecule has 2 aromatic carbocycles. The first-order chi connectivity index (χ1) is 16.0. The maximum absolute atomic E-state index is 12.5. The summed E-state index contributed by atoms with van der Waals surface area (Å²) < 4.78 is 5.08. The van der Waals surface area contributed by atoms with E-state index in [0.29, 0.717) is 5.69 Å². The van der Waals surface area contributed by atoms with Crippen molar-refractivity contribution in [2.75, 3.05) is 18.5 Å². The minimum absolute atomic E-state index is 0.00165. The Bertz CT molecular complexity index is 1020. The van der Waals surface area contributed by atoms with Crippen molar-refractivity contribution in [3.05, 3.63) is 54.6 Å². The monoisotopic (exact) mass is 466 g/mol. The van der Waals surface area contributed by atoms with Crippen LogP contribution in [-0.2, 0) is 23.9 Å². The standard InChI is InChI=1S/C25H26N2O5S/c28-22(26-20-12-6-7-13-21(20)33-17-8-2-1-3-9-17)16-32-23(29)14-15-27-24(30)18-10-4-5-11-19(18)25(27)31/h1-3,6-9,12-13,18-19H,4-5,10-11,14-16H2,(H,26,28)/t18-,19-/m1/s1. The summed E-state index contributed by atoms with van der Waals surface area (Å²) in [6.45, 7) is -0.433. The summed E-state index contributed by atoms with van der Waals surface area (Å²) in [7, 11) is 0. The van der Waals surface area contributed by atoms with Crippen molar-refractivity contribution in [2.45, 2.75) is 41.9 Å². The molecule has 2 aromatic rings. The molecule has 1 aliphatic carbocycles. The number of ether oxygens (including phenoxy) is 1. The maximum Gasteiger partial charge on any atom is 0.308 e. The van der Waals surface area contributed by atoms with Gasteiger partial charge in [0.2, 0.25) is 11.8 Å². The van der Waals surface area contributed by atoms with Crippen molar-refractivity contribution >= 4 is 41.1 Å². The molecule has 7 nitrogen and oxygen atoms in total. The highest BCUT2D eigenvalue weighted by molar-refractivity contribution is 7.99. The fourth-order valence-electron chi connectivity index (χ4n) is 4.33. The SMILES string of the molecule is O=C(COC(=O)CCN1C(=O)[C@@H]2CCCC[C@H]2C1=O)Nc1ccccc1Sc1ccccc1. The van der Waals surface area contributed by atoms with Crippen molar-refractivity contribution in [1.82, 2.24) is 4.90 Å². The fourth-order valence-corrected chi connectivity index (χ4v) is 5.26. The van der Waals surface area contributed by atoms with Gasteiger partial charge in [0.1, 0.15) is 0 Å². The van der Waals surface area contributed by atoms with Gasteiger partial charge in [0, 0.05) is 16.3 Å². The molecule has 0 spiro atoms. The third kappa shape index (κ3) is 5.63. The molecule has 33 heavy (non-hydrogen) atoms. The molecular formula is C25H26N2O5S. The molecule has 1 saturated carbocycles. The summed E-state index contributed by atoms with van der Waals surface area (Å²) in [4.78, 5) is 52.5. The first-order valence-corrected chi connectivity index (χ1v) is 12.0. The smallest absolute Gasteiger partial charge is 0.308 e. The highest BCUT2D eigenvalue weighted by Gasteiger charge is 2.47. The van der Waals surface area contributed by atoms with Crippen molar-refractivity contribution in [3.8, 4) is 0 Å². The van der Waals surface area contributed by atoms with Crippen LogP contribution in [0.25, 0.3) is 0 Å². The lowest BCUT2D eigenvalue weighted by Crippen LogP contribution is -2.33. The number of likely N-dealkylation sites (tertiary alicyclic amines) is 1. The number of carbonyl (C=O) groups excluding carboxylic acids is 4. The Kier molecular flexibility index (Phi) is 7.44. The average molecular weight is 467 g/mol. The van der Waals surface area contributed by atoms with Gasteiger partial charge < -0.3 is 10.1 Å². The van der Waals surface area contributed by atoms with E-state index in [9.17, 15) is 19.2 Å². The number of rotatable bonds is 8. The van der Waals surface area contributed by atoms with E-state index in [-0.39, 0.29) is 36.6 Å². The summed E-state index contributed by atoms with van der Waals surface area (Å²) in [6.07, 6.45) is 3.27. The van der Waals surface area contributed by atoms with Crippen LogP contribution in [0.1, 0.15) is 32.1 Å². The first kappa shape index (κ1) is 23.0. The molecule has 8 heteroatoms. The number of amides is 3. The number of nitrogens with zero attached hydrogens (tertiary/aromatic N) is 1. The molecule has 1 saturated heterocycles.